The highest BCUT2D eigenvalue weighted by atomic mass is 16.2. The second kappa shape index (κ2) is 13.9. The molecule has 0 spiro atoms. The Morgan fingerprint density at radius 2 is 0.960 bits per heavy atom. The Bertz CT molecular complexity index is 1520. The van der Waals surface area contributed by atoms with Crippen LogP contribution < -0.4 is 10.6 Å². The van der Waals surface area contributed by atoms with Crippen LogP contribution in [0.5, 0.6) is 0 Å². The van der Waals surface area contributed by atoms with Gasteiger partial charge in [0.2, 0.25) is 0 Å². The molecule has 2 aromatic carbocycles. The van der Waals surface area contributed by atoms with E-state index in [-0.39, 0.29) is 29.6 Å². The normalized spacial score (nSPS) is 31.4. The molecule has 4 fully saturated rings. The maximum Gasteiger partial charge on any atom is 0.270 e. The number of benzene rings is 2. The van der Waals surface area contributed by atoms with Crippen molar-refractivity contribution in [1.29, 1.82) is 0 Å². The van der Waals surface area contributed by atoms with Gasteiger partial charge in [-0.05, 0) is 149 Å². The van der Waals surface area contributed by atoms with Crippen molar-refractivity contribution in [1.82, 2.24) is 25.4 Å². The summed E-state index contributed by atoms with van der Waals surface area (Å²) in [5, 5.41) is 6.53. The van der Waals surface area contributed by atoms with Gasteiger partial charge in [0.1, 0.15) is 5.69 Å². The predicted molar refractivity (Wildman–Crippen MR) is 196 cm³/mol. The average Bonchev–Trinajstić information content (AvgIpc) is 3.92. The molecular weight excluding hydrogens is 619 g/mol. The summed E-state index contributed by atoms with van der Waals surface area (Å²) < 4.78 is 0. The van der Waals surface area contributed by atoms with Crippen LogP contribution in [-0.4, -0.2) is 51.8 Å². The largest absolute Gasteiger partial charge is 0.349 e. The molecule has 2 N–H and O–H groups in total. The predicted octanol–water partition coefficient (Wildman–Crippen LogP) is 8.22. The van der Waals surface area contributed by atoms with Gasteiger partial charge in [0, 0.05) is 42.4 Å². The van der Waals surface area contributed by atoms with E-state index in [4.69, 9.17) is 0 Å². The van der Waals surface area contributed by atoms with Gasteiger partial charge in [0.25, 0.3) is 11.8 Å². The fraction of sp³-hybridized carbons (Fsp3) is 0.558. The number of carbonyl (C=O) groups excluding carboxylic acids is 2. The fourth-order valence-corrected chi connectivity index (χ4v) is 11.1. The maximum absolute atomic E-state index is 13.5. The van der Waals surface area contributed by atoms with Gasteiger partial charge >= 0.3 is 0 Å². The van der Waals surface area contributed by atoms with Crippen LogP contribution in [0.1, 0.15) is 157 Å². The van der Waals surface area contributed by atoms with Crippen LogP contribution in [0, 0.1) is 11.8 Å². The van der Waals surface area contributed by atoms with Crippen molar-refractivity contribution >= 4 is 11.8 Å². The van der Waals surface area contributed by atoms with Crippen molar-refractivity contribution in [3.8, 4) is 0 Å². The molecule has 2 saturated heterocycles. The van der Waals surface area contributed by atoms with E-state index < -0.39 is 0 Å². The minimum absolute atomic E-state index is 0.143. The topological polar surface area (TPSA) is 77.6 Å². The third-order valence-corrected chi connectivity index (χ3v) is 13.7. The average molecular weight is 672 g/mol. The summed E-state index contributed by atoms with van der Waals surface area (Å²) in [5.74, 6) is 1.05. The maximum atomic E-state index is 13.5. The zero-order chi connectivity index (χ0) is 33.6. The quantitative estimate of drug-likeness (QED) is 0.227. The Balaban J connectivity index is 0.717. The van der Waals surface area contributed by atoms with Crippen molar-refractivity contribution in [2.24, 2.45) is 11.8 Å². The first kappa shape index (κ1) is 32.4. The highest BCUT2D eigenvalue weighted by molar-refractivity contribution is 6.06. The van der Waals surface area contributed by atoms with Crippen LogP contribution in [0.3, 0.4) is 0 Å². The van der Waals surface area contributed by atoms with Gasteiger partial charge in [-0.3, -0.25) is 24.4 Å². The van der Waals surface area contributed by atoms with E-state index in [0.717, 1.165) is 51.4 Å². The molecule has 50 heavy (non-hydrogen) atoms. The van der Waals surface area contributed by atoms with Crippen molar-refractivity contribution in [2.75, 3.05) is 13.1 Å². The van der Waals surface area contributed by atoms with E-state index in [1.165, 1.54) is 51.6 Å². The molecule has 4 atom stereocenters. The molecule has 1 aromatic heterocycles. The molecule has 2 saturated carbocycles. The molecule has 4 aliphatic heterocycles. The summed E-state index contributed by atoms with van der Waals surface area (Å²) in [7, 11) is 0. The molecule has 4 unspecified atom stereocenters. The number of hydrogen-bond acceptors (Lipinski definition) is 5. The fourth-order valence-electron chi connectivity index (χ4n) is 11.1. The molecule has 2 amide bonds. The second-order valence-corrected chi connectivity index (χ2v) is 16.3. The second-order valence-electron chi connectivity index (χ2n) is 16.3. The summed E-state index contributed by atoms with van der Waals surface area (Å²) in [6, 6.07) is 24.4. The lowest BCUT2D eigenvalue weighted by molar-refractivity contribution is 0.0880. The van der Waals surface area contributed by atoms with Crippen LogP contribution in [0.25, 0.3) is 0 Å². The van der Waals surface area contributed by atoms with Crippen LogP contribution in [0.2, 0.25) is 0 Å². The highest BCUT2D eigenvalue weighted by Crippen LogP contribution is 2.54. The number of aromatic nitrogens is 1. The monoisotopic (exact) mass is 671 g/mol. The molecule has 7 nitrogen and oxygen atoms in total. The Labute approximate surface area is 297 Å². The summed E-state index contributed by atoms with van der Waals surface area (Å²) in [6.45, 7) is 2.35. The lowest BCUT2D eigenvalue weighted by Gasteiger charge is -2.31. The van der Waals surface area contributed by atoms with Gasteiger partial charge in [-0.25, -0.2) is 0 Å². The van der Waals surface area contributed by atoms with Crippen molar-refractivity contribution in [2.45, 2.75) is 126 Å². The molecule has 4 bridgehead atoms. The zero-order valence-electron chi connectivity index (χ0n) is 29.4. The van der Waals surface area contributed by atoms with Gasteiger partial charge in [-0.2, -0.15) is 0 Å². The van der Waals surface area contributed by atoms with Gasteiger partial charge in [-0.1, -0.05) is 48.5 Å². The van der Waals surface area contributed by atoms with E-state index >= 15 is 0 Å². The molecule has 2 aliphatic carbocycles. The number of fused-ring (bicyclic) bond motifs is 10. The minimum atomic E-state index is -0.215. The highest BCUT2D eigenvalue weighted by Gasteiger charge is 2.44. The van der Waals surface area contributed by atoms with Crippen LogP contribution in [-0.2, 0) is 0 Å². The molecule has 0 radical (unpaired) electrons. The van der Waals surface area contributed by atoms with Gasteiger partial charge in [-0.15, -0.1) is 0 Å². The third kappa shape index (κ3) is 6.08. The molecule has 7 heteroatoms. The van der Waals surface area contributed by atoms with Crippen molar-refractivity contribution in [3.05, 3.63) is 100 Å². The van der Waals surface area contributed by atoms with E-state index in [9.17, 15) is 9.59 Å². The molecule has 5 heterocycles. The Morgan fingerprint density at radius 1 is 0.540 bits per heavy atom. The third-order valence-electron chi connectivity index (χ3n) is 13.7. The molecule has 9 rings (SSSR count). The summed E-state index contributed by atoms with van der Waals surface area (Å²) in [6.07, 6.45) is 17.9. The number of amides is 2. The number of carbonyl (C=O) groups is 2. The Kier molecular flexibility index (Phi) is 8.98. The Morgan fingerprint density at radius 3 is 1.40 bits per heavy atom. The van der Waals surface area contributed by atoms with Crippen molar-refractivity contribution in [3.63, 3.8) is 0 Å². The minimum Gasteiger partial charge on any atom is -0.349 e. The first-order chi connectivity index (χ1) is 24.6. The lowest BCUT2D eigenvalue weighted by atomic mass is 9.83. The first-order valence-electron chi connectivity index (χ1n) is 19.9. The first-order valence-corrected chi connectivity index (χ1v) is 19.9. The summed E-state index contributed by atoms with van der Waals surface area (Å²) >= 11 is 0. The van der Waals surface area contributed by atoms with Gasteiger partial charge in [0.15, 0.2) is 0 Å². The number of pyridine rings is 1. The SMILES string of the molecule is O=C(NC1CCC(CCN2C3CCC2c2ccccc23)CC1)c1cccnc1C(=O)NC1CCC(CCN2C3CCC2c2ccccc23)CC1. The number of nitrogens with one attached hydrogen (secondary N) is 2. The summed E-state index contributed by atoms with van der Waals surface area (Å²) in [4.78, 5) is 36.9. The standard InChI is InChI=1S/C43H53N5O2/c49-42(45-30-15-11-28(12-16-30)23-26-47-37-19-20-38(47)33-7-2-1-6-32(33)37)36-10-5-25-44-41(36)43(50)46-31-17-13-29(14-18-31)24-27-48-39-21-22-40(48)35-9-4-3-8-34(35)39/h1-10,25,28-31,37-40H,11-24,26-27H2,(H,45,49)(H,46,50). The molecule has 262 valence electrons. The van der Waals surface area contributed by atoms with E-state index in [2.05, 4.69) is 73.9 Å². The number of hydrogen-bond donors (Lipinski definition) is 2. The van der Waals surface area contributed by atoms with E-state index in [1.807, 2.05) is 0 Å². The summed E-state index contributed by atoms with van der Waals surface area (Å²) in [5.41, 5.74) is 6.90. The van der Waals surface area contributed by atoms with Crippen LogP contribution >= 0.6 is 0 Å². The van der Waals surface area contributed by atoms with Crippen molar-refractivity contribution < 1.29 is 9.59 Å². The smallest absolute Gasteiger partial charge is 0.270 e. The van der Waals surface area contributed by atoms with Crippen LogP contribution in [0.4, 0.5) is 0 Å². The van der Waals surface area contributed by atoms with E-state index in [0.29, 0.717) is 41.6 Å². The molecule has 3 aromatic rings. The number of nitrogens with zero attached hydrogens (tertiary/aromatic N) is 3. The molecular formula is C43H53N5O2. The van der Waals surface area contributed by atoms with Gasteiger partial charge in [0.05, 0.1) is 5.56 Å². The van der Waals surface area contributed by atoms with Gasteiger partial charge < -0.3 is 10.6 Å². The van der Waals surface area contributed by atoms with Crippen LogP contribution in [0.15, 0.2) is 66.9 Å². The zero-order valence-corrected chi connectivity index (χ0v) is 29.4. The van der Waals surface area contributed by atoms with E-state index in [1.54, 1.807) is 40.6 Å². The Hall–Kier alpha value is -3.55. The molecule has 6 aliphatic rings. The number of rotatable bonds is 10. The lowest BCUT2D eigenvalue weighted by Crippen LogP contribution is -2.41.